The summed E-state index contributed by atoms with van der Waals surface area (Å²) in [6.07, 6.45) is -0.0968. The maximum Gasteiger partial charge on any atom is 0.305 e. The van der Waals surface area contributed by atoms with Crippen LogP contribution in [-0.2, 0) is 10.2 Å². The summed E-state index contributed by atoms with van der Waals surface area (Å²) in [5.74, 6) is -0.585. The van der Waals surface area contributed by atoms with Crippen LogP contribution in [0.1, 0.15) is 57.5 Å². The molecule has 1 aromatic heterocycles. The molecule has 1 rings (SSSR count). The summed E-state index contributed by atoms with van der Waals surface area (Å²) < 4.78 is 0. The SMILES string of the molecule is CC(C)N(CCC(=O)O)C(=O)c1n[nH]c(C(C)(C)C)n1. The first kappa shape index (κ1) is 16.1. The summed E-state index contributed by atoms with van der Waals surface area (Å²) in [6.45, 7) is 9.70. The van der Waals surface area contributed by atoms with E-state index >= 15 is 0 Å². The molecule has 0 saturated heterocycles. The second-order valence-electron chi connectivity index (χ2n) is 5.99. The van der Waals surface area contributed by atoms with Gasteiger partial charge in [-0.25, -0.2) is 4.98 Å². The summed E-state index contributed by atoms with van der Waals surface area (Å²) in [5.41, 5.74) is -0.227. The first-order valence-electron chi connectivity index (χ1n) is 6.58. The second kappa shape index (κ2) is 6.02. The molecule has 0 aromatic carbocycles. The summed E-state index contributed by atoms with van der Waals surface area (Å²) in [6, 6.07) is -0.113. The Morgan fingerprint density at radius 3 is 2.35 bits per heavy atom. The Labute approximate surface area is 118 Å². The van der Waals surface area contributed by atoms with Gasteiger partial charge < -0.3 is 10.0 Å². The van der Waals surface area contributed by atoms with E-state index in [4.69, 9.17) is 5.11 Å². The number of aliphatic carboxylic acids is 1. The Bertz CT molecular complexity index is 488. The number of aromatic nitrogens is 3. The zero-order valence-electron chi connectivity index (χ0n) is 12.6. The molecule has 0 bridgehead atoms. The third kappa shape index (κ3) is 4.04. The minimum atomic E-state index is -0.936. The van der Waals surface area contributed by atoms with E-state index < -0.39 is 5.97 Å². The standard InChI is InChI=1S/C13H22N4O3/c1-8(2)17(7-6-9(18)19)11(20)10-14-12(16-15-10)13(3,4)5/h8H,6-7H2,1-5H3,(H,18,19)(H,14,15,16). The van der Waals surface area contributed by atoms with Crippen LogP contribution in [0.3, 0.4) is 0 Å². The van der Waals surface area contributed by atoms with Crippen LogP contribution in [0.25, 0.3) is 0 Å². The molecule has 1 amide bonds. The van der Waals surface area contributed by atoms with E-state index in [2.05, 4.69) is 15.2 Å². The lowest BCUT2D eigenvalue weighted by molar-refractivity contribution is -0.137. The molecule has 1 heterocycles. The molecule has 1 aromatic rings. The number of amides is 1. The number of carbonyl (C=O) groups excluding carboxylic acids is 1. The summed E-state index contributed by atoms with van der Waals surface area (Å²) in [4.78, 5) is 28.6. The molecule has 0 fully saturated rings. The van der Waals surface area contributed by atoms with E-state index in [1.54, 1.807) is 0 Å². The zero-order valence-corrected chi connectivity index (χ0v) is 12.6. The molecule has 0 atom stereocenters. The van der Waals surface area contributed by atoms with Gasteiger partial charge in [0.25, 0.3) is 5.91 Å². The Hall–Kier alpha value is -1.92. The van der Waals surface area contributed by atoms with Gasteiger partial charge in [0.2, 0.25) is 5.82 Å². The van der Waals surface area contributed by atoms with Gasteiger partial charge in [0, 0.05) is 18.0 Å². The molecular weight excluding hydrogens is 260 g/mol. The largest absolute Gasteiger partial charge is 0.481 e. The highest BCUT2D eigenvalue weighted by Gasteiger charge is 2.26. The van der Waals surface area contributed by atoms with Crippen molar-refractivity contribution in [1.29, 1.82) is 0 Å². The number of carbonyl (C=O) groups is 2. The summed E-state index contributed by atoms with van der Waals surface area (Å²) in [5, 5.41) is 15.4. The van der Waals surface area contributed by atoms with Gasteiger partial charge in [-0.3, -0.25) is 14.7 Å². The molecule has 0 radical (unpaired) electrons. The molecule has 2 N–H and O–H groups in total. The average molecular weight is 282 g/mol. The van der Waals surface area contributed by atoms with Crippen LogP contribution in [0.15, 0.2) is 0 Å². The van der Waals surface area contributed by atoms with Crippen LogP contribution in [0.4, 0.5) is 0 Å². The first-order valence-corrected chi connectivity index (χ1v) is 6.58. The quantitative estimate of drug-likeness (QED) is 0.851. The van der Waals surface area contributed by atoms with Gasteiger partial charge in [-0.1, -0.05) is 20.8 Å². The Balaban J connectivity index is 2.89. The van der Waals surface area contributed by atoms with Gasteiger partial charge in [0.05, 0.1) is 6.42 Å². The molecule has 7 nitrogen and oxygen atoms in total. The van der Waals surface area contributed by atoms with Crippen molar-refractivity contribution in [2.45, 2.75) is 52.5 Å². The second-order valence-corrected chi connectivity index (χ2v) is 5.99. The number of hydrogen-bond acceptors (Lipinski definition) is 4. The number of nitrogens with one attached hydrogen (secondary N) is 1. The molecule has 7 heteroatoms. The predicted octanol–water partition coefficient (Wildman–Crippen LogP) is 1.43. The molecule has 0 aliphatic carbocycles. The van der Waals surface area contributed by atoms with Crippen molar-refractivity contribution in [2.24, 2.45) is 0 Å². The van der Waals surface area contributed by atoms with E-state index in [9.17, 15) is 9.59 Å². The van der Waals surface area contributed by atoms with E-state index in [1.165, 1.54) is 4.90 Å². The van der Waals surface area contributed by atoms with Crippen molar-refractivity contribution in [3.05, 3.63) is 11.6 Å². The molecule has 112 valence electrons. The van der Waals surface area contributed by atoms with Crippen molar-refractivity contribution >= 4 is 11.9 Å². The van der Waals surface area contributed by atoms with E-state index in [-0.39, 0.29) is 36.2 Å². The van der Waals surface area contributed by atoms with Crippen molar-refractivity contribution < 1.29 is 14.7 Å². The van der Waals surface area contributed by atoms with Crippen molar-refractivity contribution in [3.8, 4) is 0 Å². The smallest absolute Gasteiger partial charge is 0.305 e. The molecular formula is C13H22N4O3. The fraction of sp³-hybridized carbons (Fsp3) is 0.692. The Morgan fingerprint density at radius 1 is 1.35 bits per heavy atom. The number of rotatable bonds is 5. The minimum absolute atomic E-state index is 0.0778. The Morgan fingerprint density at radius 2 is 1.95 bits per heavy atom. The fourth-order valence-electron chi connectivity index (χ4n) is 1.63. The number of hydrogen-bond donors (Lipinski definition) is 2. The van der Waals surface area contributed by atoms with Gasteiger partial charge in [0.1, 0.15) is 5.82 Å². The molecule has 0 aliphatic rings. The van der Waals surface area contributed by atoms with Crippen LogP contribution < -0.4 is 0 Å². The van der Waals surface area contributed by atoms with Gasteiger partial charge in [-0.05, 0) is 13.8 Å². The Kier molecular flexibility index (Phi) is 4.86. The van der Waals surface area contributed by atoms with E-state index in [1.807, 2.05) is 34.6 Å². The highest BCUT2D eigenvalue weighted by molar-refractivity contribution is 5.90. The number of carboxylic acid groups (broad SMARTS) is 1. The lowest BCUT2D eigenvalue weighted by atomic mass is 9.96. The van der Waals surface area contributed by atoms with Crippen LogP contribution >= 0.6 is 0 Å². The summed E-state index contributed by atoms with van der Waals surface area (Å²) in [7, 11) is 0. The topological polar surface area (TPSA) is 99.2 Å². The maximum atomic E-state index is 12.3. The predicted molar refractivity (Wildman–Crippen MR) is 73.5 cm³/mol. The lowest BCUT2D eigenvalue weighted by Gasteiger charge is -2.24. The van der Waals surface area contributed by atoms with Crippen molar-refractivity contribution in [1.82, 2.24) is 20.1 Å². The van der Waals surface area contributed by atoms with Gasteiger partial charge >= 0.3 is 5.97 Å². The average Bonchev–Trinajstić information content (AvgIpc) is 2.76. The summed E-state index contributed by atoms with van der Waals surface area (Å²) >= 11 is 0. The maximum absolute atomic E-state index is 12.3. The minimum Gasteiger partial charge on any atom is -0.481 e. The molecule has 20 heavy (non-hydrogen) atoms. The van der Waals surface area contributed by atoms with E-state index in [0.717, 1.165) is 0 Å². The number of aromatic amines is 1. The number of carboxylic acids is 1. The lowest BCUT2D eigenvalue weighted by Crippen LogP contribution is -2.39. The highest BCUT2D eigenvalue weighted by Crippen LogP contribution is 2.18. The van der Waals surface area contributed by atoms with Crippen molar-refractivity contribution in [3.63, 3.8) is 0 Å². The third-order valence-electron chi connectivity index (χ3n) is 2.84. The molecule has 0 unspecified atom stereocenters. The van der Waals surface area contributed by atoms with Gasteiger partial charge in [0.15, 0.2) is 0 Å². The first-order chi connectivity index (χ1) is 9.12. The third-order valence-corrected chi connectivity index (χ3v) is 2.84. The molecule has 0 aliphatic heterocycles. The van der Waals surface area contributed by atoms with Crippen molar-refractivity contribution in [2.75, 3.05) is 6.54 Å². The molecule has 0 spiro atoms. The highest BCUT2D eigenvalue weighted by atomic mass is 16.4. The fourth-order valence-corrected chi connectivity index (χ4v) is 1.63. The zero-order chi connectivity index (χ0) is 15.5. The molecule has 0 saturated carbocycles. The van der Waals surface area contributed by atoms with Gasteiger partial charge in [-0.2, -0.15) is 0 Å². The normalized spacial score (nSPS) is 11.7. The monoisotopic (exact) mass is 282 g/mol. The number of H-pyrrole nitrogens is 1. The van der Waals surface area contributed by atoms with Crippen LogP contribution in [0.5, 0.6) is 0 Å². The number of nitrogens with zero attached hydrogens (tertiary/aromatic N) is 3. The van der Waals surface area contributed by atoms with Crippen LogP contribution in [-0.4, -0.2) is 49.7 Å². The van der Waals surface area contributed by atoms with Gasteiger partial charge in [-0.15, -0.1) is 5.10 Å². The van der Waals surface area contributed by atoms with E-state index in [0.29, 0.717) is 5.82 Å². The van der Waals surface area contributed by atoms with Crippen LogP contribution in [0, 0.1) is 0 Å². The van der Waals surface area contributed by atoms with Crippen LogP contribution in [0.2, 0.25) is 0 Å².